The van der Waals surface area contributed by atoms with Gasteiger partial charge in [0.05, 0.1) is 16.3 Å². The molecule has 1 rings (SSSR count). The molecule has 2 N–H and O–H groups in total. The molecule has 0 aromatic heterocycles. The van der Waals surface area contributed by atoms with E-state index in [1.807, 2.05) is 20.8 Å². The monoisotopic (exact) mass is 275 g/mol. The summed E-state index contributed by atoms with van der Waals surface area (Å²) in [5.41, 5.74) is 6.16. The Kier molecular flexibility index (Phi) is 3.97. The molecule has 0 aliphatic rings. The van der Waals surface area contributed by atoms with Gasteiger partial charge in [0, 0.05) is 6.07 Å². The summed E-state index contributed by atoms with van der Waals surface area (Å²) < 4.78 is 19.1. The fourth-order valence-corrected chi connectivity index (χ4v) is 1.34. The topological polar surface area (TPSA) is 35.2 Å². The minimum absolute atomic E-state index is 0.00729. The third-order valence-electron chi connectivity index (χ3n) is 2.30. The molecule has 0 spiro atoms. The molecule has 15 heavy (non-hydrogen) atoms. The lowest BCUT2D eigenvalue weighted by molar-refractivity contribution is 0.171. The smallest absolute Gasteiger partial charge is 0.145 e. The zero-order chi connectivity index (χ0) is 11.6. The van der Waals surface area contributed by atoms with Gasteiger partial charge in [0.15, 0.2) is 0 Å². The summed E-state index contributed by atoms with van der Waals surface area (Å²) in [6.07, 6.45) is 0.00729. The van der Waals surface area contributed by atoms with Gasteiger partial charge in [-0.15, -0.1) is 0 Å². The maximum Gasteiger partial charge on any atom is 0.145 e. The first-order valence-corrected chi connectivity index (χ1v) is 5.62. The Morgan fingerprint density at radius 1 is 1.33 bits per heavy atom. The Labute approximate surface area is 97.7 Å². The average Bonchev–Trinajstić information content (AvgIpc) is 2.13. The first-order valence-electron chi connectivity index (χ1n) is 4.83. The zero-order valence-electron chi connectivity index (χ0n) is 9.05. The molecular weight excluding hydrogens is 261 g/mol. The van der Waals surface area contributed by atoms with Crippen LogP contribution in [0.25, 0.3) is 0 Å². The van der Waals surface area contributed by atoms with E-state index in [9.17, 15) is 4.39 Å². The second kappa shape index (κ2) is 4.84. The molecule has 4 heteroatoms. The largest absolute Gasteiger partial charge is 0.488 e. The van der Waals surface area contributed by atoms with E-state index in [1.165, 1.54) is 12.1 Å². The molecule has 84 valence electrons. The van der Waals surface area contributed by atoms with Crippen LogP contribution in [0.1, 0.15) is 20.8 Å². The summed E-state index contributed by atoms with van der Waals surface area (Å²) in [5, 5.41) is 0. The van der Waals surface area contributed by atoms with E-state index in [-0.39, 0.29) is 11.9 Å². The van der Waals surface area contributed by atoms with Gasteiger partial charge in [-0.05, 0) is 34.8 Å². The first-order chi connectivity index (χ1) is 6.91. The molecular formula is C11H15BrFNO. The highest BCUT2D eigenvalue weighted by Crippen LogP contribution is 2.29. The van der Waals surface area contributed by atoms with Crippen LogP contribution in [0.4, 0.5) is 10.1 Å². The van der Waals surface area contributed by atoms with Crippen molar-refractivity contribution in [2.75, 3.05) is 5.73 Å². The highest BCUT2D eigenvalue weighted by Gasteiger charge is 2.12. The van der Waals surface area contributed by atoms with Gasteiger partial charge in [-0.3, -0.25) is 0 Å². The summed E-state index contributed by atoms with van der Waals surface area (Å²) >= 11 is 3.06. The Balaban J connectivity index is 2.91. The van der Waals surface area contributed by atoms with E-state index >= 15 is 0 Å². The number of anilines is 1. The Hall–Kier alpha value is -0.770. The van der Waals surface area contributed by atoms with Crippen LogP contribution in [0.5, 0.6) is 5.75 Å². The van der Waals surface area contributed by atoms with Crippen molar-refractivity contribution in [1.82, 2.24) is 0 Å². The highest BCUT2D eigenvalue weighted by atomic mass is 79.9. The second-order valence-corrected chi connectivity index (χ2v) is 4.73. The van der Waals surface area contributed by atoms with Crippen molar-refractivity contribution in [3.63, 3.8) is 0 Å². The fraction of sp³-hybridized carbons (Fsp3) is 0.455. The molecule has 0 aliphatic heterocycles. The standard InChI is InChI=1S/C11H15BrFNO/c1-6(2)7(3)15-11-5-9(13)8(12)4-10(11)14/h4-7H,14H2,1-3H3. The molecule has 0 heterocycles. The minimum Gasteiger partial charge on any atom is -0.488 e. The van der Waals surface area contributed by atoms with Crippen molar-refractivity contribution in [1.29, 1.82) is 0 Å². The van der Waals surface area contributed by atoms with Crippen molar-refractivity contribution in [2.45, 2.75) is 26.9 Å². The van der Waals surface area contributed by atoms with Crippen molar-refractivity contribution < 1.29 is 9.13 Å². The number of rotatable bonds is 3. The van der Waals surface area contributed by atoms with Crippen LogP contribution < -0.4 is 10.5 Å². The van der Waals surface area contributed by atoms with E-state index < -0.39 is 0 Å². The Morgan fingerprint density at radius 3 is 2.47 bits per heavy atom. The predicted molar refractivity (Wildman–Crippen MR) is 63.4 cm³/mol. The van der Waals surface area contributed by atoms with Crippen LogP contribution in [-0.4, -0.2) is 6.10 Å². The zero-order valence-corrected chi connectivity index (χ0v) is 10.6. The Morgan fingerprint density at radius 2 is 1.93 bits per heavy atom. The third-order valence-corrected chi connectivity index (χ3v) is 2.91. The molecule has 2 nitrogen and oxygen atoms in total. The van der Waals surface area contributed by atoms with Crippen LogP contribution in [0, 0.1) is 11.7 Å². The van der Waals surface area contributed by atoms with Crippen molar-refractivity contribution in [3.8, 4) is 5.75 Å². The molecule has 0 saturated heterocycles. The van der Waals surface area contributed by atoms with Crippen LogP contribution >= 0.6 is 15.9 Å². The van der Waals surface area contributed by atoms with Crippen LogP contribution in [0.15, 0.2) is 16.6 Å². The number of nitrogens with two attached hydrogens (primary N) is 1. The van der Waals surface area contributed by atoms with Gasteiger partial charge in [-0.1, -0.05) is 13.8 Å². The Bertz CT molecular complexity index is 355. The maximum absolute atomic E-state index is 13.2. The minimum atomic E-state index is -0.366. The van der Waals surface area contributed by atoms with E-state index in [2.05, 4.69) is 15.9 Å². The lowest BCUT2D eigenvalue weighted by Crippen LogP contribution is -2.19. The van der Waals surface area contributed by atoms with E-state index in [1.54, 1.807) is 0 Å². The van der Waals surface area contributed by atoms with Gasteiger partial charge in [0.2, 0.25) is 0 Å². The quantitative estimate of drug-likeness (QED) is 0.856. The average molecular weight is 276 g/mol. The molecule has 1 aromatic rings. The summed E-state index contributed by atoms with van der Waals surface area (Å²) in [6.45, 7) is 6.01. The van der Waals surface area contributed by atoms with E-state index in [0.717, 1.165) is 0 Å². The number of hydrogen-bond donors (Lipinski definition) is 1. The number of hydrogen-bond acceptors (Lipinski definition) is 2. The number of ether oxygens (including phenoxy) is 1. The molecule has 0 bridgehead atoms. The van der Waals surface area contributed by atoms with Gasteiger partial charge in [0.1, 0.15) is 11.6 Å². The van der Waals surface area contributed by atoms with Crippen LogP contribution in [0.3, 0.4) is 0 Å². The van der Waals surface area contributed by atoms with Gasteiger partial charge in [-0.2, -0.15) is 0 Å². The van der Waals surface area contributed by atoms with Crippen molar-refractivity contribution in [2.24, 2.45) is 5.92 Å². The van der Waals surface area contributed by atoms with E-state index in [4.69, 9.17) is 10.5 Å². The molecule has 0 amide bonds. The van der Waals surface area contributed by atoms with Crippen LogP contribution in [0.2, 0.25) is 0 Å². The molecule has 0 radical (unpaired) electrons. The molecule has 1 atom stereocenters. The first kappa shape index (κ1) is 12.3. The summed E-state index contributed by atoms with van der Waals surface area (Å²) in [5.74, 6) is 0.392. The number of nitrogen functional groups attached to an aromatic ring is 1. The lowest BCUT2D eigenvalue weighted by atomic mass is 10.1. The normalized spacial score (nSPS) is 12.9. The van der Waals surface area contributed by atoms with E-state index in [0.29, 0.717) is 21.8 Å². The van der Waals surface area contributed by atoms with Gasteiger partial charge in [-0.25, -0.2) is 4.39 Å². The van der Waals surface area contributed by atoms with Crippen LogP contribution in [-0.2, 0) is 0 Å². The van der Waals surface area contributed by atoms with Gasteiger partial charge in [0.25, 0.3) is 0 Å². The predicted octanol–water partition coefficient (Wildman–Crippen LogP) is 3.59. The highest BCUT2D eigenvalue weighted by molar-refractivity contribution is 9.10. The SMILES string of the molecule is CC(C)C(C)Oc1cc(F)c(Br)cc1N. The molecule has 0 saturated carbocycles. The summed E-state index contributed by atoms with van der Waals surface area (Å²) in [7, 11) is 0. The number of halogens is 2. The molecule has 1 unspecified atom stereocenters. The van der Waals surface area contributed by atoms with Crippen molar-refractivity contribution >= 4 is 21.6 Å². The third kappa shape index (κ3) is 3.09. The number of benzene rings is 1. The maximum atomic E-state index is 13.2. The van der Waals surface area contributed by atoms with Crippen molar-refractivity contribution in [3.05, 3.63) is 22.4 Å². The fourth-order valence-electron chi connectivity index (χ4n) is 0.982. The lowest BCUT2D eigenvalue weighted by Gasteiger charge is -2.19. The summed E-state index contributed by atoms with van der Waals surface area (Å²) in [4.78, 5) is 0. The van der Waals surface area contributed by atoms with Gasteiger partial charge < -0.3 is 10.5 Å². The molecule has 0 fully saturated rings. The second-order valence-electron chi connectivity index (χ2n) is 3.87. The van der Waals surface area contributed by atoms with Gasteiger partial charge >= 0.3 is 0 Å². The summed E-state index contributed by atoms with van der Waals surface area (Å²) in [6, 6.07) is 2.82. The molecule has 1 aromatic carbocycles. The molecule has 0 aliphatic carbocycles.